The smallest absolute Gasteiger partial charge is 0.419 e. The van der Waals surface area contributed by atoms with Crippen LogP contribution in [0.15, 0.2) is 96.5 Å². The van der Waals surface area contributed by atoms with Crippen LogP contribution in [0.25, 0.3) is 0 Å². The van der Waals surface area contributed by atoms with E-state index in [0.29, 0.717) is 23.0 Å². The minimum absolute atomic E-state index is 0.253. The van der Waals surface area contributed by atoms with Gasteiger partial charge in [0.15, 0.2) is 34.5 Å². The lowest BCUT2D eigenvalue weighted by atomic mass is 10.2. The summed E-state index contributed by atoms with van der Waals surface area (Å²) >= 11 is 0. The lowest BCUT2D eigenvalue weighted by Crippen LogP contribution is -2.39. The first kappa shape index (κ1) is 20.6. The summed E-state index contributed by atoms with van der Waals surface area (Å²) in [6.45, 7) is 5.34. The molecular formula is C25H21NO7. The van der Waals surface area contributed by atoms with Gasteiger partial charge in [-0.15, -0.1) is 0 Å². The molecule has 1 amide bonds. The average molecular weight is 447 g/mol. The third-order valence-electron chi connectivity index (χ3n) is 4.65. The van der Waals surface area contributed by atoms with Crippen LogP contribution in [0.5, 0.6) is 23.0 Å². The van der Waals surface area contributed by atoms with Crippen molar-refractivity contribution in [2.45, 2.75) is 26.4 Å². The van der Waals surface area contributed by atoms with E-state index >= 15 is 0 Å². The van der Waals surface area contributed by atoms with E-state index < -0.39 is 11.7 Å². The lowest BCUT2D eigenvalue weighted by Gasteiger charge is -2.33. The summed E-state index contributed by atoms with van der Waals surface area (Å²) in [6, 6.07) is 14.4. The SMILES string of the molecule is CC(C)(C)OC(=O)N1C(C2=COc3ccccc3O2)=COC=C1C1=COc2ccccc2O1. The number of hydrogen-bond acceptors (Lipinski definition) is 7. The summed E-state index contributed by atoms with van der Waals surface area (Å²) in [5.74, 6) is 2.62. The Morgan fingerprint density at radius 3 is 1.64 bits per heavy atom. The quantitative estimate of drug-likeness (QED) is 0.596. The number of carbonyl (C=O) groups excluding carboxylic acids is 1. The number of ether oxygens (including phenoxy) is 6. The van der Waals surface area contributed by atoms with Crippen LogP contribution >= 0.6 is 0 Å². The van der Waals surface area contributed by atoms with Crippen molar-refractivity contribution >= 4 is 6.09 Å². The normalized spacial score (nSPS) is 16.5. The molecule has 0 aromatic heterocycles. The van der Waals surface area contributed by atoms with Gasteiger partial charge in [-0.2, -0.15) is 0 Å². The number of amides is 1. The maximum absolute atomic E-state index is 13.3. The van der Waals surface area contributed by atoms with Gasteiger partial charge in [-0.1, -0.05) is 24.3 Å². The highest BCUT2D eigenvalue weighted by Crippen LogP contribution is 2.40. The third-order valence-corrected chi connectivity index (χ3v) is 4.65. The highest BCUT2D eigenvalue weighted by Gasteiger charge is 2.37. The minimum Gasteiger partial charge on any atom is -0.468 e. The standard InChI is InChI=1S/C25H21NO7/c1-25(2,3)33-24(27)26-16(22-14-29-18-8-4-6-10-20(18)31-22)12-28-13-17(26)23-15-30-19-9-5-7-11-21(19)32-23/h4-15H,1-3H3. The summed E-state index contributed by atoms with van der Waals surface area (Å²) in [6.07, 6.45) is 4.89. The van der Waals surface area contributed by atoms with Gasteiger partial charge in [0.25, 0.3) is 0 Å². The van der Waals surface area contributed by atoms with Gasteiger partial charge in [0, 0.05) is 0 Å². The molecule has 5 rings (SSSR count). The van der Waals surface area contributed by atoms with Crippen LogP contribution in [-0.2, 0) is 9.47 Å². The molecule has 3 aliphatic heterocycles. The summed E-state index contributed by atoms with van der Waals surface area (Å²) in [4.78, 5) is 14.6. The molecule has 168 valence electrons. The molecule has 3 heterocycles. The number of fused-ring (bicyclic) bond motifs is 2. The molecule has 0 N–H and O–H groups in total. The van der Waals surface area contributed by atoms with Crippen LogP contribution < -0.4 is 18.9 Å². The summed E-state index contributed by atoms with van der Waals surface area (Å²) < 4.78 is 34.6. The van der Waals surface area contributed by atoms with E-state index in [0.717, 1.165) is 0 Å². The van der Waals surface area contributed by atoms with Crippen LogP contribution in [0.4, 0.5) is 4.79 Å². The van der Waals surface area contributed by atoms with Crippen LogP contribution in [0.1, 0.15) is 20.8 Å². The van der Waals surface area contributed by atoms with Crippen molar-refractivity contribution < 1.29 is 33.2 Å². The van der Waals surface area contributed by atoms with E-state index in [2.05, 4.69) is 0 Å². The maximum atomic E-state index is 13.3. The summed E-state index contributed by atoms with van der Waals surface area (Å²) in [5, 5.41) is 0. The molecule has 0 radical (unpaired) electrons. The van der Waals surface area contributed by atoms with E-state index in [-0.39, 0.29) is 22.9 Å². The largest absolute Gasteiger partial charge is 0.468 e. The number of hydrogen-bond donors (Lipinski definition) is 0. The first-order chi connectivity index (χ1) is 15.9. The molecule has 0 aliphatic carbocycles. The Labute approximate surface area is 190 Å². The Balaban J connectivity index is 1.49. The van der Waals surface area contributed by atoms with E-state index in [1.807, 2.05) is 24.3 Å². The molecule has 0 atom stereocenters. The summed E-state index contributed by atoms with van der Waals surface area (Å²) in [5.41, 5.74) is -0.222. The molecular weight excluding hydrogens is 426 g/mol. The van der Waals surface area contributed by atoms with Gasteiger partial charge in [0.05, 0.1) is 0 Å². The zero-order chi connectivity index (χ0) is 23.0. The maximum Gasteiger partial charge on any atom is 0.419 e. The molecule has 3 aliphatic rings. The predicted molar refractivity (Wildman–Crippen MR) is 117 cm³/mol. The number of para-hydroxylation sites is 4. The van der Waals surface area contributed by atoms with Crippen molar-refractivity contribution in [3.63, 3.8) is 0 Å². The molecule has 0 unspecified atom stereocenters. The molecule has 8 heteroatoms. The second kappa shape index (κ2) is 7.98. The third kappa shape index (κ3) is 4.10. The molecule has 0 saturated heterocycles. The molecule has 0 fully saturated rings. The van der Waals surface area contributed by atoms with Gasteiger partial charge in [0.1, 0.15) is 42.0 Å². The zero-order valence-electron chi connectivity index (χ0n) is 18.2. The monoisotopic (exact) mass is 447 g/mol. The van der Waals surface area contributed by atoms with Gasteiger partial charge >= 0.3 is 6.09 Å². The van der Waals surface area contributed by atoms with E-state index in [9.17, 15) is 4.79 Å². The van der Waals surface area contributed by atoms with Crippen molar-refractivity contribution in [3.05, 3.63) is 96.5 Å². The fourth-order valence-corrected chi connectivity index (χ4v) is 3.25. The molecule has 33 heavy (non-hydrogen) atoms. The molecule has 8 nitrogen and oxygen atoms in total. The Hall–Kier alpha value is -4.33. The van der Waals surface area contributed by atoms with Gasteiger partial charge in [-0.25, -0.2) is 9.69 Å². The van der Waals surface area contributed by atoms with Crippen molar-refractivity contribution in [1.29, 1.82) is 0 Å². The predicted octanol–water partition coefficient (Wildman–Crippen LogP) is 5.56. The second-order valence-corrected chi connectivity index (χ2v) is 8.26. The van der Waals surface area contributed by atoms with E-state index in [1.54, 1.807) is 45.0 Å². The number of nitrogens with zero attached hydrogens (tertiary/aromatic N) is 1. The molecule has 2 aromatic rings. The Bertz CT molecular complexity index is 1150. The Kier molecular flexibility index (Phi) is 4.97. The number of benzene rings is 2. The summed E-state index contributed by atoms with van der Waals surface area (Å²) in [7, 11) is 0. The Morgan fingerprint density at radius 1 is 0.727 bits per heavy atom. The topological polar surface area (TPSA) is 75.7 Å². The first-order valence-corrected chi connectivity index (χ1v) is 10.3. The molecule has 0 saturated carbocycles. The van der Waals surface area contributed by atoms with Crippen LogP contribution in [0, 0.1) is 0 Å². The van der Waals surface area contributed by atoms with Crippen molar-refractivity contribution in [2.75, 3.05) is 0 Å². The highest BCUT2D eigenvalue weighted by atomic mass is 16.6. The first-order valence-electron chi connectivity index (χ1n) is 10.3. The van der Waals surface area contributed by atoms with Gasteiger partial charge in [-0.3, -0.25) is 0 Å². The fraction of sp³-hybridized carbons (Fsp3) is 0.160. The minimum atomic E-state index is -0.749. The van der Waals surface area contributed by atoms with Gasteiger partial charge < -0.3 is 28.4 Å². The van der Waals surface area contributed by atoms with Crippen LogP contribution in [0.3, 0.4) is 0 Å². The highest BCUT2D eigenvalue weighted by molar-refractivity contribution is 5.76. The fourth-order valence-electron chi connectivity index (χ4n) is 3.25. The van der Waals surface area contributed by atoms with Gasteiger partial charge in [0.2, 0.25) is 0 Å². The van der Waals surface area contributed by atoms with E-state index in [4.69, 9.17) is 28.4 Å². The Morgan fingerprint density at radius 2 is 1.18 bits per heavy atom. The zero-order valence-corrected chi connectivity index (χ0v) is 18.2. The lowest BCUT2D eigenvalue weighted by molar-refractivity contribution is 0.0334. The average Bonchev–Trinajstić information content (AvgIpc) is 2.82. The number of carbonyl (C=O) groups is 1. The second-order valence-electron chi connectivity index (χ2n) is 8.26. The molecule has 0 bridgehead atoms. The van der Waals surface area contributed by atoms with Crippen molar-refractivity contribution in [1.82, 2.24) is 4.90 Å². The number of rotatable bonds is 2. The van der Waals surface area contributed by atoms with Crippen molar-refractivity contribution in [2.24, 2.45) is 0 Å². The molecule has 2 aromatic carbocycles. The van der Waals surface area contributed by atoms with Crippen molar-refractivity contribution in [3.8, 4) is 23.0 Å². The van der Waals surface area contributed by atoms with Crippen LogP contribution in [0.2, 0.25) is 0 Å². The van der Waals surface area contributed by atoms with E-state index in [1.165, 1.54) is 29.9 Å². The molecule has 0 spiro atoms. The van der Waals surface area contributed by atoms with Gasteiger partial charge in [-0.05, 0) is 45.0 Å². The van der Waals surface area contributed by atoms with Crippen LogP contribution in [-0.4, -0.2) is 16.6 Å².